The summed E-state index contributed by atoms with van der Waals surface area (Å²) in [5.74, 6) is 0.486. The van der Waals surface area contributed by atoms with Gasteiger partial charge < -0.3 is 14.5 Å². The van der Waals surface area contributed by atoms with Crippen LogP contribution in [0.15, 0.2) is 52.1 Å². The maximum absolute atomic E-state index is 14.6. The predicted molar refractivity (Wildman–Crippen MR) is 125 cm³/mol. The zero-order valence-electron chi connectivity index (χ0n) is 17.1. The molecular weight excluding hydrogens is 579 g/mol. The van der Waals surface area contributed by atoms with Crippen LogP contribution >= 0.6 is 34.9 Å². The second-order valence-corrected chi connectivity index (χ2v) is 12.7. The summed E-state index contributed by atoms with van der Waals surface area (Å²) in [4.78, 5) is 21.8. The molecule has 2 aromatic heterocycles. The van der Waals surface area contributed by atoms with Crippen LogP contribution in [-0.2, 0) is 26.7 Å². The zero-order valence-corrected chi connectivity index (χ0v) is 21.2. The molecule has 4 aromatic rings. The van der Waals surface area contributed by atoms with Gasteiger partial charge in [-0.15, -0.1) is 11.3 Å². The van der Waals surface area contributed by atoms with Crippen molar-refractivity contribution in [2.24, 2.45) is 0 Å². The smallest absolute Gasteiger partial charge is 0.400 e. The van der Waals surface area contributed by atoms with Gasteiger partial charge in [-0.3, -0.25) is 9.66 Å². The Kier molecular flexibility index (Phi) is 6.42. The first-order valence-corrected chi connectivity index (χ1v) is 14.4. The van der Waals surface area contributed by atoms with Gasteiger partial charge in [0.05, 0.1) is 9.60 Å². The van der Waals surface area contributed by atoms with Gasteiger partial charge in [-0.05, 0) is 45.8 Å². The van der Waals surface area contributed by atoms with Crippen LogP contribution in [0, 0.1) is 0 Å². The number of alkyl halides is 2. The van der Waals surface area contributed by atoms with Gasteiger partial charge in [0.25, 0.3) is 0 Å². The quantitative estimate of drug-likeness (QED) is 0.263. The molecule has 4 rings (SSSR count). The van der Waals surface area contributed by atoms with Gasteiger partial charge in [0, 0.05) is 21.7 Å². The summed E-state index contributed by atoms with van der Waals surface area (Å²) >= 11 is 3.55. The summed E-state index contributed by atoms with van der Waals surface area (Å²) in [6.45, 7) is -0.0290. The summed E-state index contributed by atoms with van der Waals surface area (Å²) in [5, 5.41) is 6.67. The van der Waals surface area contributed by atoms with Crippen LogP contribution < -0.4 is 4.74 Å². The Morgan fingerprint density at radius 3 is 2.47 bits per heavy atom. The SMILES string of the molecule is CS(=O)(=O)c1ccc(COc2cc(-c3ncn[nH]3)cc3c(Br)c(C(F)(F)P(=O)(O)O)sc23)cc1. The third-order valence-corrected chi connectivity index (χ3v) is 9.38. The van der Waals surface area contributed by atoms with Crippen LogP contribution in [0.2, 0.25) is 0 Å². The van der Waals surface area contributed by atoms with Crippen molar-refractivity contribution in [1.29, 1.82) is 0 Å². The lowest BCUT2D eigenvalue weighted by atomic mass is 10.1. The lowest BCUT2D eigenvalue weighted by Gasteiger charge is -2.16. The Balaban J connectivity index is 1.79. The largest absolute Gasteiger partial charge is 0.487 e. The minimum atomic E-state index is -5.80. The van der Waals surface area contributed by atoms with Crippen molar-refractivity contribution in [1.82, 2.24) is 15.2 Å². The van der Waals surface area contributed by atoms with Crippen molar-refractivity contribution in [2.45, 2.75) is 17.2 Å². The number of thiophene rings is 1. The minimum Gasteiger partial charge on any atom is -0.487 e. The van der Waals surface area contributed by atoms with E-state index in [2.05, 4.69) is 31.1 Å². The number of hydrogen-bond acceptors (Lipinski definition) is 7. The van der Waals surface area contributed by atoms with E-state index in [1.807, 2.05) is 0 Å². The molecule has 2 aromatic carbocycles. The Labute approximate surface area is 204 Å². The van der Waals surface area contributed by atoms with E-state index < -0.39 is 28.0 Å². The molecule has 0 bridgehead atoms. The van der Waals surface area contributed by atoms with E-state index in [0.29, 0.717) is 28.3 Å². The Hall–Kier alpha value is -2.22. The van der Waals surface area contributed by atoms with Crippen molar-refractivity contribution >= 4 is 54.8 Å². The van der Waals surface area contributed by atoms with E-state index >= 15 is 0 Å². The molecule has 0 aliphatic carbocycles. The molecule has 0 amide bonds. The van der Waals surface area contributed by atoms with Gasteiger partial charge in [0.2, 0.25) is 0 Å². The number of rotatable bonds is 7. The van der Waals surface area contributed by atoms with E-state index in [-0.39, 0.29) is 31.8 Å². The third kappa shape index (κ3) is 4.66. The van der Waals surface area contributed by atoms with Crippen LogP contribution in [0.5, 0.6) is 5.75 Å². The van der Waals surface area contributed by atoms with Gasteiger partial charge in [0.15, 0.2) is 15.7 Å². The highest BCUT2D eigenvalue weighted by molar-refractivity contribution is 9.10. The van der Waals surface area contributed by atoms with Gasteiger partial charge in [-0.2, -0.15) is 13.9 Å². The Morgan fingerprint density at radius 2 is 1.91 bits per heavy atom. The summed E-state index contributed by atoms with van der Waals surface area (Å²) in [6, 6.07) is 9.03. The number of ether oxygens (including phenoxy) is 1. The number of nitrogens with zero attached hydrogens (tertiary/aromatic N) is 2. The molecule has 180 valence electrons. The van der Waals surface area contributed by atoms with Crippen molar-refractivity contribution < 1.29 is 36.3 Å². The number of sulfone groups is 1. The molecule has 0 atom stereocenters. The van der Waals surface area contributed by atoms with E-state index in [1.54, 1.807) is 12.1 Å². The topological polar surface area (TPSA) is 142 Å². The first-order chi connectivity index (χ1) is 15.8. The molecule has 0 aliphatic heterocycles. The molecule has 0 fully saturated rings. The molecule has 34 heavy (non-hydrogen) atoms. The van der Waals surface area contributed by atoms with Crippen molar-refractivity contribution in [3.8, 4) is 17.1 Å². The average Bonchev–Trinajstić information content (AvgIpc) is 3.40. The number of nitrogens with one attached hydrogen (secondary N) is 1. The molecule has 0 unspecified atom stereocenters. The Bertz CT molecular complexity index is 1520. The van der Waals surface area contributed by atoms with E-state index in [0.717, 1.165) is 6.26 Å². The average molecular weight is 594 g/mol. The van der Waals surface area contributed by atoms with Crippen molar-refractivity contribution in [3.63, 3.8) is 0 Å². The van der Waals surface area contributed by atoms with Crippen LogP contribution in [0.3, 0.4) is 0 Å². The van der Waals surface area contributed by atoms with E-state index in [9.17, 15) is 31.6 Å². The van der Waals surface area contributed by atoms with Gasteiger partial charge in [-0.1, -0.05) is 12.1 Å². The van der Waals surface area contributed by atoms with E-state index in [4.69, 9.17) is 4.74 Å². The standard InChI is InChI=1S/C19H15BrF2N3O6PS2/c1-34(29,30)12-4-2-10(3-5-12)8-31-14-7-11(18-23-9-24-25-18)6-13-15(20)17(33-16(13)14)19(21,22)32(26,27)28/h2-7,9H,8H2,1H3,(H,23,24,25)(H2,26,27,28). The number of aromatic nitrogens is 3. The minimum absolute atomic E-state index is 0.0290. The number of hydrogen-bond donors (Lipinski definition) is 3. The van der Waals surface area contributed by atoms with Crippen LogP contribution in [0.4, 0.5) is 8.78 Å². The molecule has 2 heterocycles. The predicted octanol–water partition coefficient (Wildman–Crippen LogP) is 4.66. The first kappa shape index (κ1) is 24.9. The summed E-state index contributed by atoms with van der Waals surface area (Å²) < 4.78 is 69.8. The molecule has 3 N–H and O–H groups in total. The molecule has 0 aliphatic rings. The van der Waals surface area contributed by atoms with Gasteiger partial charge in [0.1, 0.15) is 23.6 Å². The van der Waals surface area contributed by atoms with Crippen LogP contribution in [0.25, 0.3) is 21.5 Å². The van der Waals surface area contributed by atoms with Gasteiger partial charge >= 0.3 is 13.3 Å². The molecule has 0 saturated heterocycles. The molecular formula is C19H15BrF2N3O6PS2. The van der Waals surface area contributed by atoms with Crippen LogP contribution in [-0.4, -0.2) is 39.6 Å². The highest BCUT2D eigenvalue weighted by Crippen LogP contribution is 2.63. The Morgan fingerprint density at radius 1 is 1.24 bits per heavy atom. The molecule has 15 heteroatoms. The fourth-order valence-electron chi connectivity index (χ4n) is 3.05. The maximum Gasteiger partial charge on any atom is 0.400 e. The summed E-state index contributed by atoms with van der Waals surface area (Å²) in [5.41, 5.74) is -3.36. The number of aromatic amines is 1. The maximum atomic E-state index is 14.6. The van der Waals surface area contributed by atoms with Crippen molar-refractivity contribution in [2.75, 3.05) is 6.26 Å². The van der Waals surface area contributed by atoms with Gasteiger partial charge in [-0.25, -0.2) is 13.4 Å². The molecule has 0 radical (unpaired) electrons. The normalized spacial score (nSPS) is 12.9. The lowest BCUT2D eigenvalue weighted by molar-refractivity contribution is 0.0595. The first-order valence-electron chi connectivity index (χ1n) is 9.26. The van der Waals surface area contributed by atoms with Crippen LogP contribution in [0.1, 0.15) is 10.4 Å². The number of H-pyrrole nitrogens is 1. The highest BCUT2D eigenvalue weighted by atomic mass is 79.9. The lowest BCUT2D eigenvalue weighted by Crippen LogP contribution is -2.12. The number of benzene rings is 2. The molecule has 0 saturated carbocycles. The highest BCUT2D eigenvalue weighted by Gasteiger charge is 2.53. The zero-order chi connectivity index (χ0) is 24.9. The monoisotopic (exact) mass is 593 g/mol. The van der Waals surface area contributed by atoms with E-state index in [1.165, 1.54) is 30.6 Å². The third-order valence-electron chi connectivity index (χ3n) is 4.77. The summed E-state index contributed by atoms with van der Waals surface area (Å²) in [6.07, 6.45) is 2.35. The number of halogens is 3. The van der Waals surface area contributed by atoms with Crippen molar-refractivity contribution in [3.05, 3.63) is 57.6 Å². The second kappa shape index (κ2) is 8.77. The second-order valence-electron chi connectivity index (χ2n) is 7.22. The fourth-order valence-corrected chi connectivity index (χ4v) is 6.65. The fraction of sp³-hybridized carbons (Fsp3) is 0.158. The summed E-state index contributed by atoms with van der Waals surface area (Å²) in [7, 11) is -9.17. The molecule has 9 nitrogen and oxygen atoms in total. The number of fused-ring (bicyclic) bond motifs is 1. The molecule has 0 spiro atoms.